The number of aromatic nitrogens is 1. The van der Waals surface area contributed by atoms with Gasteiger partial charge in [-0.3, -0.25) is 9.59 Å². The molecule has 3 rings (SSSR count). The molecule has 1 aromatic heterocycles. The van der Waals surface area contributed by atoms with Crippen LogP contribution in [0.5, 0.6) is 0 Å². The minimum Gasteiger partial charge on any atom is -0.396 e. The zero-order chi connectivity index (χ0) is 19.2. The van der Waals surface area contributed by atoms with Crippen LogP contribution in [0.2, 0.25) is 0 Å². The fourth-order valence-electron chi connectivity index (χ4n) is 3.83. The lowest BCUT2D eigenvalue weighted by atomic mass is 9.96. The van der Waals surface area contributed by atoms with Crippen LogP contribution in [0, 0.1) is 5.92 Å². The van der Waals surface area contributed by atoms with Gasteiger partial charge in [0.25, 0.3) is 5.91 Å². The van der Waals surface area contributed by atoms with Crippen molar-refractivity contribution >= 4 is 17.6 Å². The molecule has 7 nitrogen and oxygen atoms in total. The average molecular weight is 374 g/mol. The second kappa shape index (κ2) is 9.17. The molecule has 7 heteroatoms. The molecule has 3 heterocycles. The SMILES string of the molecule is C[C@@H](CCO)Nc1ccc(C(=O)N2CCC(CN3CCCC3=O)CC2)cn1. The predicted molar refractivity (Wildman–Crippen MR) is 103 cm³/mol. The first kappa shape index (κ1) is 19.6. The van der Waals surface area contributed by atoms with Gasteiger partial charge in [0.1, 0.15) is 5.82 Å². The highest BCUT2D eigenvalue weighted by Gasteiger charge is 2.28. The number of aliphatic hydroxyl groups excluding tert-OH is 1. The normalized spacial score (nSPS) is 19.4. The molecule has 148 valence electrons. The van der Waals surface area contributed by atoms with E-state index in [1.165, 1.54) is 0 Å². The Bertz CT molecular complexity index is 641. The quantitative estimate of drug-likeness (QED) is 0.759. The summed E-state index contributed by atoms with van der Waals surface area (Å²) in [6.07, 6.45) is 5.83. The van der Waals surface area contributed by atoms with Crippen LogP contribution in [0.25, 0.3) is 0 Å². The number of pyridine rings is 1. The number of piperidine rings is 1. The first-order valence-electron chi connectivity index (χ1n) is 9.97. The zero-order valence-corrected chi connectivity index (χ0v) is 16.1. The number of nitrogens with one attached hydrogen (secondary N) is 1. The topological polar surface area (TPSA) is 85.8 Å². The zero-order valence-electron chi connectivity index (χ0n) is 16.1. The lowest BCUT2D eigenvalue weighted by Crippen LogP contribution is -2.41. The molecule has 0 spiro atoms. The van der Waals surface area contributed by atoms with Crippen LogP contribution >= 0.6 is 0 Å². The van der Waals surface area contributed by atoms with Gasteiger partial charge in [-0.25, -0.2) is 4.98 Å². The van der Waals surface area contributed by atoms with Crippen molar-refractivity contribution in [1.82, 2.24) is 14.8 Å². The number of carbonyl (C=O) groups is 2. The van der Waals surface area contributed by atoms with Crippen LogP contribution in [0.3, 0.4) is 0 Å². The number of rotatable bonds is 7. The Labute approximate surface area is 160 Å². The van der Waals surface area contributed by atoms with Gasteiger partial charge in [-0.15, -0.1) is 0 Å². The molecule has 0 saturated carbocycles. The molecule has 2 amide bonds. The Morgan fingerprint density at radius 2 is 2.11 bits per heavy atom. The summed E-state index contributed by atoms with van der Waals surface area (Å²) in [7, 11) is 0. The van der Waals surface area contributed by atoms with Gasteiger partial charge < -0.3 is 20.2 Å². The van der Waals surface area contributed by atoms with E-state index in [4.69, 9.17) is 5.11 Å². The predicted octanol–water partition coefficient (Wildman–Crippen LogP) is 1.74. The number of nitrogens with zero attached hydrogens (tertiary/aromatic N) is 3. The summed E-state index contributed by atoms with van der Waals surface area (Å²) in [6, 6.07) is 3.75. The molecule has 0 radical (unpaired) electrons. The number of anilines is 1. The van der Waals surface area contributed by atoms with E-state index < -0.39 is 0 Å². The first-order valence-corrected chi connectivity index (χ1v) is 9.97. The maximum Gasteiger partial charge on any atom is 0.255 e. The number of likely N-dealkylation sites (tertiary alicyclic amines) is 2. The lowest BCUT2D eigenvalue weighted by Gasteiger charge is -2.34. The van der Waals surface area contributed by atoms with E-state index in [1.54, 1.807) is 12.3 Å². The van der Waals surface area contributed by atoms with Gasteiger partial charge in [-0.1, -0.05) is 0 Å². The minimum absolute atomic E-state index is 0.0214. The molecular formula is C20H30N4O3. The van der Waals surface area contributed by atoms with E-state index in [9.17, 15) is 9.59 Å². The van der Waals surface area contributed by atoms with Gasteiger partial charge in [-0.2, -0.15) is 0 Å². The van der Waals surface area contributed by atoms with Crippen LogP contribution in [0.4, 0.5) is 5.82 Å². The van der Waals surface area contributed by atoms with Crippen molar-refractivity contribution in [2.24, 2.45) is 5.92 Å². The van der Waals surface area contributed by atoms with Crippen molar-refractivity contribution in [3.63, 3.8) is 0 Å². The number of aliphatic hydroxyl groups is 1. The van der Waals surface area contributed by atoms with E-state index in [0.29, 0.717) is 30.1 Å². The second-order valence-corrected chi connectivity index (χ2v) is 7.67. The molecule has 0 unspecified atom stereocenters. The molecule has 2 fully saturated rings. The third-order valence-electron chi connectivity index (χ3n) is 5.52. The molecule has 0 bridgehead atoms. The fourth-order valence-corrected chi connectivity index (χ4v) is 3.83. The first-order chi connectivity index (χ1) is 13.1. The molecule has 2 aliphatic heterocycles. The summed E-state index contributed by atoms with van der Waals surface area (Å²) in [5.74, 6) is 1.50. The molecule has 1 atom stereocenters. The third kappa shape index (κ3) is 5.19. The van der Waals surface area contributed by atoms with E-state index in [0.717, 1.165) is 45.4 Å². The molecule has 2 saturated heterocycles. The Balaban J connectivity index is 1.48. The van der Waals surface area contributed by atoms with Gasteiger partial charge in [0.2, 0.25) is 5.91 Å². The fraction of sp³-hybridized carbons (Fsp3) is 0.650. The summed E-state index contributed by atoms with van der Waals surface area (Å²) < 4.78 is 0. The van der Waals surface area contributed by atoms with Gasteiger partial charge in [0.15, 0.2) is 0 Å². The van der Waals surface area contributed by atoms with Gasteiger partial charge in [-0.05, 0) is 50.7 Å². The van der Waals surface area contributed by atoms with Crippen molar-refractivity contribution in [3.05, 3.63) is 23.9 Å². The van der Waals surface area contributed by atoms with Crippen LogP contribution in [0.1, 0.15) is 49.4 Å². The molecule has 2 N–H and O–H groups in total. The highest BCUT2D eigenvalue weighted by Crippen LogP contribution is 2.22. The Morgan fingerprint density at radius 1 is 1.33 bits per heavy atom. The van der Waals surface area contributed by atoms with Gasteiger partial charge in [0, 0.05) is 51.4 Å². The summed E-state index contributed by atoms with van der Waals surface area (Å²) in [5.41, 5.74) is 0.600. The summed E-state index contributed by atoms with van der Waals surface area (Å²) in [6.45, 7) is 5.32. The van der Waals surface area contributed by atoms with Crippen LogP contribution in [0.15, 0.2) is 18.3 Å². The van der Waals surface area contributed by atoms with Gasteiger partial charge in [0.05, 0.1) is 5.56 Å². The Morgan fingerprint density at radius 3 is 2.70 bits per heavy atom. The lowest BCUT2D eigenvalue weighted by molar-refractivity contribution is -0.128. The summed E-state index contributed by atoms with van der Waals surface area (Å²) in [5, 5.41) is 12.2. The average Bonchev–Trinajstić information content (AvgIpc) is 3.07. The largest absolute Gasteiger partial charge is 0.396 e. The monoisotopic (exact) mass is 374 g/mol. The summed E-state index contributed by atoms with van der Waals surface area (Å²) in [4.78, 5) is 32.7. The van der Waals surface area contributed by atoms with Crippen LogP contribution < -0.4 is 5.32 Å². The van der Waals surface area contributed by atoms with Crippen molar-refractivity contribution in [3.8, 4) is 0 Å². The highest BCUT2D eigenvalue weighted by atomic mass is 16.3. The molecular weight excluding hydrogens is 344 g/mol. The Hall–Kier alpha value is -2.15. The maximum atomic E-state index is 12.7. The molecule has 0 aliphatic carbocycles. The summed E-state index contributed by atoms with van der Waals surface area (Å²) >= 11 is 0. The standard InChI is InChI=1S/C20H30N4O3/c1-15(8-12-25)22-18-5-4-17(13-21-18)20(27)23-10-6-16(7-11-23)14-24-9-2-3-19(24)26/h4-5,13,15-16,25H,2-3,6-12,14H2,1H3,(H,21,22)/t15-/m0/s1. The van der Waals surface area contributed by atoms with E-state index >= 15 is 0 Å². The highest BCUT2D eigenvalue weighted by molar-refractivity contribution is 5.94. The molecule has 2 aliphatic rings. The second-order valence-electron chi connectivity index (χ2n) is 7.67. The smallest absolute Gasteiger partial charge is 0.255 e. The molecule has 1 aromatic rings. The maximum absolute atomic E-state index is 12.7. The van der Waals surface area contributed by atoms with E-state index in [1.807, 2.05) is 22.8 Å². The minimum atomic E-state index is 0.0214. The van der Waals surface area contributed by atoms with Crippen molar-refractivity contribution in [1.29, 1.82) is 0 Å². The van der Waals surface area contributed by atoms with Crippen molar-refractivity contribution < 1.29 is 14.7 Å². The number of amides is 2. The number of hydrogen-bond donors (Lipinski definition) is 2. The number of hydrogen-bond acceptors (Lipinski definition) is 5. The van der Waals surface area contributed by atoms with E-state index in [-0.39, 0.29) is 24.5 Å². The van der Waals surface area contributed by atoms with E-state index in [2.05, 4.69) is 10.3 Å². The van der Waals surface area contributed by atoms with Crippen LogP contribution in [-0.2, 0) is 4.79 Å². The van der Waals surface area contributed by atoms with Crippen molar-refractivity contribution in [2.45, 2.75) is 45.1 Å². The molecule has 27 heavy (non-hydrogen) atoms. The van der Waals surface area contributed by atoms with Crippen molar-refractivity contribution in [2.75, 3.05) is 38.1 Å². The van der Waals surface area contributed by atoms with Gasteiger partial charge >= 0.3 is 0 Å². The third-order valence-corrected chi connectivity index (χ3v) is 5.52. The molecule has 0 aromatic carbocycles. The Kier molecular flexibility index (Phi) is 6.66. The van der Waals surface area contributed by atoms with Crippen LogP contribution in [-0.4, -0.2) is 70.5 Å². The number of carbonyl (C=O) groups excluding carboxylic acids is 2.